The van der Waals surface area contributed by atoms with Crippen molar-refractivity contribution in [3.8, 4) is 11.3 Å². The lowest BCUT2D eigenvalue weighted by Gasteiger charge is -2.12. The molecular weight excluding hydrogens is 260 g/mol. The van der Waals surface area contributed by atoms with Crippen LogP contribution in [0.2, 0.25) is 5.02 Å². The van der Waals surface area contributed by atoms with E-state index in [9.17, 15) is 0 Å². The number of rotatable bonds is 2. The molecule has 0 aliphatic heterocycles. The lowest BCUT2D eigenvalue weighted by atomic mass is 10.1. The second-order valence-corrected chi connectivity index (χ2v) is 5.05. The van der Waals surface area contributed by atoms with E-state index >= 15 is 0 Å². The molecule has 0 radical (unpaired) electrons. The van der Waals surface area contributed by atoms with Gasteiger partial charge in [-0.1, -0.05) is 16.8 Å². The normalized spacial score (nSPS) is 10.9. The summed E-state index contributed by atoms with van der Waals surface area (Å²) in [4.78, 5) is 2.05. The Morgan fingerprint density at radius 3 is 2.47 bits per heavy atom. The van der Waals surface area contributed by atoms with E-state index in [1.807, 2.05) is 56.6 Å². The highest BCUT2D eigenvalue weighted by Crippen LogP contribution is 2.31. The van der Waals surface area contributed by atoms with Crippen molar-refractivity contribution < 1.29 is 4.52 Å². The fourth-order valence-corrected chi connectivity index (χ4v) is 2.20. The van der Waals surface area contributed by atoms with Crippen LogP contribution in [0.1, 0.15) is 0 Å². The topological polar surface area (TPSA) is 29.3 Å². The van der Waals surface area contributed by atoms with Crippen LogP contribution in [0.3, 0.4) is 0 Å². The van der Waals surface area contributed by atoms with Crippen molar-refractivity contribution in [3.05, 3.63) is 47.5 Å². The summed E-state index contributed by atoms with van der Waals surface area (Å²) < 4.78 is 5.43. The SMILES string of the molecule is CN(C)c1ccc(-c2onc3ccc(Cl)cc23)cc1. The van der Waals surface area contributed by atoms with Gasteiger partial charge in [0.25, 0.3) is 0 Å². The maximum atomic E-state index is 6.03. The molecule has 3 nitrogen and oxygen atoms in total. The van der Waals surface area contributed by atoms with Gasteiger partial charge in [0.05, 0.1) is 5.39 Å². The van der Waals surface area contributed by atoms with Crippen molar-refractivity contribution >= 4 is 28.2 Å². The molecule has 96 valence electrons. The number of fused-ring (bicyclic) bond motifs is 1. The van der Waals surface area contributed by atoms with Gasteiger partial charge in [-0.25, -0.2) is 0 Å². The summed E-state index contributed by atoms with van der Waals surface area (Å²) in [7, 11) is 4.03. The van der Waals surface area contributed by atoms with Gasteiger partial charge in [-0.3, -0.25) is 0 Å². The molecule has 0 saturated carbocycles. The van der Waals surface area contributed by atoms with Gasteiger partial charge in [0.15, 0.2) is 5.76 Å². The van der Waals surface area contributed by atoms with Crippen LogP contribution in [0.4, 0.5) is 5.69 Å². The first-order valence-electron chi connectivity index (χ1n) is 5.98. The predicted molar refractivity (Wildman–Crippen MR) is 78.8 cm³/mol. The molecule has 0 fully saturated rings. The lowest BCUT2D eigenvalue weighted by Crippen LogP contribution is -2.07. The van der Waals surface area contributed by atoms with Gasteiger partial charge in [-0.05, 0) is 42.5 Å². The first-order chi connectivity index (χ1) is 9.15. The van der Waals surface area contributed by atoms with Crippen molar-refractivity contribution in [1.29, 1.82) is 0 Å². The Morgan fingerprint density at radius 2 is 1.79 bits per heavy atom. The molecule has 19 heavy (non-hydrogen) atoms. The van der Waals surface area contributed by atoms with Crippen molar-refractivity contribution in [3.63, 3.8) is 0 Å². The number of anilines is 1. The van der Waals surface area contributed by atoms with Crippen molar-refractivity contribution in [2.75, 3.05) is 19.0 Å². The molecule has 3 rings (SSSR count). The molecule has 2 aromatic carbocycles. The van der Waals surface area contributed by atoms with Gasteiger partial charge in [-0.15, -0.1) is 0 Å². The smallest absolute Gasteiger partial charge is 0.174 e. The first-order valence-corrected chi connectivity index (χ1v) is 6.35. The largest absolute Gasteiger partial charge is 0.378 e. The zero-order valence-corrected chi connectivity index (χ0v) is 11.5. The molecule has 0 N–H and O–H groups in total. The lowest BCUT2D eigenvalue weighted by molar-refractivity contribution is 0.441. The van der Waals surface area contributed by atoms with Gasteiger partial charge in [0.1, 0.15) is 5.52 Å². The van der Waals surface area contributed by atoms with Crippen LogP contribution in [-0.2, 0) is 0 Å². The van der Waals surface area contributed by atoms with E-state index in [1.54, 1.807) is 0 Å². The zero-order valence-electron chi connectivity index (χ0n) is 10.7. The van der Waals surface area contributed by atoms with Gasteiger partial charge >= 0.3 is 0 Å². The van der Waals surface area contributed by atoms with Crippen molar-refractivity contribution in [2.24, 2.45) is 0 Å². The number of benzene rings is 2. The van der Waals surface area contributed by atoms with Crippen LogP contribution in [0.25, 0.3) is 22.2 Å². The maximum absolute atomic E-state index is 6.03. The minimum absolute atomic E-state index is 0.682. The van der Waals surface area contributed by atoms with Crippen LogP contribution >= 0.6 is 11.6 Å². The second-order valence-electron chi connectivity index (χ2n) is 4.61. The highest BCUT2D eigenvalue weighted by Gasteiger charge is 2.11. The number of hydrogen-bond acceptors (Lipinski definition) is 3. The molecule has 0 aliphatic carbocycles. The average molecular weight is 273 g/mol. The van der Waals surface area contributed by atoms with Gasteiger partial charge in [0, 0.05) is 30.4 Å². The Labute approximate surface area is 116 Å². The number of nitrogens with zero attached hydrogens (tertiary/aromatic N) is 2. The molecule has 0 aliphatic rings. The maximum Gasteiger partial charge on any atom is 0.174 e. The summed E-state index contributed by atoms with van der Waals surface area (Å²) in [5.74, 6) is 0.753. The highest BCUT2D eigenvalue weighted by molar-refractivity contribution is 6.31. The molecule has 0 amide bonds. The van der Waals surface area contributed by atoms with Crippen LogP contribution in [0.5, 0.6) is 0 Å². The number of aromatic nitrogens is 1. The summed E-state index contributed by atoms with van der Waals surface area (Å²) in [6.07, 6.45) is 0. The van der Waals surface area contributed by atoms with Crippen LogP contribution < -0.4 is 4.90 Å². The van der Waals surface area contributed by atoms with E-state index in [1.165, 1.54) is 0 Å². The van der Waals surface area contributed by atoms with E-state index in [0.29, 0.717) is 5.02 Å². The monoisotopic (exact) mass is 272 g/mol. The summed E-state index contributed by atoms with van der Waals surface area (Å²) in [5.41, 5.74) is 2.96. The van der Waals surface area contributed by atoms with Crippen LogP contribution in [-0.4, -0.2) is 19.3 Å². The molecule has 0 bridgehead atoms. The van der Waals surface area contributed by atoms with Gasteiger partial charge in [0.2, 0.25) is 0 Å². The second kappa shape index (κ2) is 4.59. The van der Waals surface area contributed by atoms with Crippen LogP contribution in [0.15, 0.2) is 47.0 Å². The molecule has 0 atom stereocenters. The molecule has 4 heteroatoms. The van der Waals surface area contributed by atoms with E-state index in [-0.39, 0.29) is 0 Å². The Bertz CT molecular complexity index is 717. The molecule has 1 aromatic heterocycles. The summed E-state index contributed by atoms with van der Waals surface area (Å²) in [6.45, 7) is 0. The van der Waals surface area contributed by atoms with Crippen LogP contribution in [0, 0.1) is 0 Å². The van der Waals surface area contributed by atoms with E-state index < -0.39 is 0 Å². The third-order valence-corrected chi connectivity index (χ3v) is 3.32. The van der Waals surface area contributed by atoms with Crippen molar-refractivity contribution in [2.45, 2.75) is 0 Å². The molecule has 0 spiro atoms. The number of hydrogen-bond donors (Lipinski definition) is 0. The Hall–Kier alpha value is -2.00. The Kier molecular flexibility index (Phi) is 2.91. The van der Waals surface area contributed by atoms with Gasteiger partial charge in [-0.2, -0.15) is 0 Å². The van der Waals surface area contributed by atoms with Gasteiger partial charge < -0.3 is 9.42 Å². The third-order valence-electron chi connectivity index (χ3n) is 3.08. The number of halogens is 1. The quantitative estimate of drug-likeness (QED) is 0.700. The molecule has 1 heterocycles. The fourth-order valence-electron chi connectivity index (χ4n) is 2.03. The summed E-state index contributed by atoms with van der Waals surface area (Å²) >= 11 is 6.03. The molecule has 0 saturated heterocycles. The standard InChI is InChI=1S/C15H13ClN2O/c1-18(2)12-6-3-10(4-7-12)15-13-9-11(16)5-8-14(13)17-19-15/h3-9H,1-2H3. The van der Waals surface area contributed by atoms with Crippen molar-refractivity contribution in [1.82, 2.24) is 5.16 Å². The zero-order chi connectivity index (χ0) is 13.4. The third kappa shape index (κ3) is 2.17. The summed E-state index contributed by atoms with van der Waals surface area (Å²) in [6, 6.07) is 13.7. The minimum Gasteiger partial charge on any atom is -0.378 e. The molecule has 0 unspecified atom stereocenters. The highest BCUT2D eigenvalue weighted by atomic mass is 35.5. The minimum atomic E-state index is 0.682. The van der Waals surface area contributed by atoms with E-state index in [4.69, 9.17) is 16.1 Å². The average Bonchev–Trinajstić information content (AvgIpc) is 2.81. The van der Waals surface area contributed by atoms with E-state index in [0.717, 1.165) is 27.9 Å². The molecule has 3 aromatic rings. The first kappa shape index (κ1) is 12.1. The summed E-state index contributed by atoms with van der Waals surface area (Å²) in [5, 5.41) is 5.67. The Morgan fingerprint density at radius 1 is 1.05 bits per heavy atom. The predicted octanol–water partition coefficient (Wildman–Crippen LogP) is 4.21. The molecular formula is C15H13ClN2O. The Balaban J connectivity index is 2.11. The fraction of sp³-hybridized carbons (Fsp3) is 0.133. The van der Waals surface area contributed by atoms with E-state index in [2.05, 4.69) is 10.1 Å².